The lowest BCUT2D eigenvalue weighted by atomic mass is 10.1. The molecule has 4 heteroatoms. The Morgan fingerprint density at radius 2 is 2.36 bits per heavy atom. The highest BCUT2D eigenvalue weighted by molar-refractivity contribution is 5.73. The van der Waals surface area contributed by atoms with Crippen LogP contribution in [0.2, 0.25) is 0 Å². The van der Waals surface area contributed by atoms with Gasteiger partial charge in [0.2, 0.25) is 0 Å². The molecule has 14 heavy (non-hydrogen) atoms. The van der Waals surface area contributed by atoms with Crippen LogP contribution in [0, 0.1) is 0 Å². The summed E-state index contributed by atoms with van der Waals surface area (Å²) < 4.78 is 0. The Hall–Kier alpha value is -1.29. The number of aromatic amines is 1. The number of hydrogen-bond acceptors (Lipinski definition) is 2. The van der Waals surface area contributed by atoms with E-state index < -0.39 is 12.0 Å². The van der Waals surface area contributed by atoms with Crippen molar-refractivity contribution in [2.24, 2.45) is 0 Å². The zero-order valence-electron chi connectivity index (χ0n) is 8.53. The van der Waals surface area contributed by atoms with Gasteiger partial charge in [-0.15, -0.1) is 0 Å². The predicted octanol–water partition coefficient (Wildman–Crippen LogP) is 0.962. The fraction of sp³-hybridized carbons (Fsp3) is 0.500. The minimum Gasteiger partial charge on any atom is -0.480 e. The van der Waals surface area contributed by atoms with Crippen LogP contribution < -0.4 is 0 Å². The minimum absolute atomic E-state index is 0.404. The maximum atomic E-state index is 10.8. The number of nitrogens with zero attached hydrogens (tertiary/aromatic N) is 1. The molecule has 4 nitrogen and oxygen atoms in total. The van der Waals surface area contributed by atoms with Gasteiger partial charge in [-0.25, -0.2) is 0 Å². The van der Waals surface area contributed by atoms with E-state index in [0.29, 0.717) is 6.42 Å². The van der Waals surface area contributed by atoms with Crippen LogP contribution >= 0.6 is 0 Å². The summed E-state index contributed by atoms with van der Waals surface area (Å²) in [6.45, 7) is 0. The molecule has 1 heterocycles. The Morgan fingerprint density at radius 3 is 2.79 bits per heavy atom. The quantitative estimate of drug-likeness (QED) is 0.737. The number of hydrogen-bond donors (Lipinski definition) is 2. The Bertz CT molecular complexity index is 280. The van der Waals surface area contributed by atoms with E-state index in [9.17, 15) is 4.79 Å². The number of aromatic nitrogens is 1. The first-order valence-electron chi connectivity index (χ1n) is 4.62. The molecule has 1 atom stereocenters. The number of rotatable bonds is 5. The van der Waals surface area contributed by atoms with Gasteiger partial charge in [-0.05, 0) is 39.1 Å². The highest BCUT2D eigenvalue weighted by Gasteiger charge is 2.19. The number of nitrogens with one attached hydrogen (secondary N) is 1. The maximum Gasteiger partial charge on any atom is 0.320 e. The van der Waals surface area contributed by atoms with Crippen molar-refractivity contribution < 1.29 is 9.90 Å². The molecule has 2 N–H and O–H groups in total. The monoisotopic (exact) mass is 196 g/mol. The Balaban J connectivity index is 2.45. The predicted molar refractivity (Wildman–Crippen MR) is 54.2 cm³/mol. The maximum absolute atomic E-state index is 10.8. The first-order chi connectivity index (χ1) is 6.61. The molecule has 0 amide bonds. The molecule has 0 bridgehead atoms. The molecule has 1 aromatic heterocycles. The number of aliphatic carboxylic acids is 1. The molecule has 0 aromatic carbocycles. The second-order valence-corrected chi connectivity index (χ2v) is 3.55. The van der Waals surface area contributed by atoms with E-state index in [1.54, 1.807) is 19.0 Å². The van der Waals surface area contributed by atoms with Gasteiger partial charge < -0.3 is 10.1 Å². The number of aryl methyl sites for hydroxylation is 1. The lowest BCUT2D eigenvalue weighted by Crippen LogP contribution is -2.35. The van der Waals surface area contributed by atoms with Gasteiger partial charge in [-0.2, -0.15) is 0 Å². The number of carbonyl (C=O) groups is 1. The van der Waals surface area contributed by atoms with Crippen molar-refractivity contribution >= 4 is 5.97 Å². The molecule has 0 radical (unpaired) electrons. The SMILES string of the molecule is CN(C)C(CCc1ccc[nH]1)C(=O)O. The third-order valence-corrected chi connectivity index (χ3v) is 2.26. The first-order valence-corrected chi connectivity index (χ1v) is 4.62. The third-order valence-electron chi connectivity index (χ3n) is 2.26. The van der Waals surface area contributed by atoms with Gasteiger partial charge in [0.15, 0.2) is 0 Å². The van der Waals surface area contributed by atoms with Gasteiger partial charge in [0.05, 0.1) is 0 Å². The zero-order valence-corrected chi connectivity index (χ0v) is 8.53. The Morgan fingerprint density at radius 1 is 1.64 bits per heavy atom. The smallest absolute Gasteiger partial charge is 0.320 e. The Kier molecular flexibility index (Phi) is 3.71. The van der Waals surface area contributed by atoms with Crippen LogP contribution in [-0.4, -0.2) is 41.1 Å². The van der Waals surface area contributed by atoms with Crippen molar-refractivity contribution in [2.75, 3.05) is 14.1 Å². The minimum atomic E-state index is -0.762. The molecule has 1 rings (SSSR count). The molecule has 0 saturated heterocycles. The van der Waals surface area contributed by atoms with Gasteiger partial charge in [0, 0.05) is 11.9 Å². The Labute approximate surface area is 83.5 Å². The summed E-state index contributed by atoms with van der Waals surface area (Å²) in [4.78, 5) is 15.6. The number of carboxylic acids is 1. The van der Waals surface area contributed by atoms with E-state index in [1.165, 1.54) is 0 Å². The van der Waals surface area contributed by atoms with Gasteiger partial charge >= 0.3 is 5.97 Å². The van der Waals surface area contributed by atoms with Crippen molar-refractivity contribution in [2.45, 2.75) is 18.9 Å². The normalized spacial score (nSPS) is 13.1. The van der Waals surface area contributed by atoms with Crippen LogP contribution in [0.3, 0.4) is 0 Å². The first kappa shape index (κ1) is 10.8. The topological polar surface area (TPSA) is 56.3 Å². The summed E-state index contributed by atoms with van der Waals surface area (Å²) in [6.07, 6.45) is 3.24. The summed E-state index contributed by atoms with van der Waals surface area (Å²) >= 11 is 0. The van der Waals surface area contributed by atoms with Gasteiger partial charge in [-0.1, -0.05) is 0 Å². The summed E-state index contributed by atoms with van der Waals surface area (Å²) in [5.74, 6) is -0.762. The van der Waals surface area contributed by atoms with Gasteiger partial charge in [-0.3, -0.25) is 9.69 Å². The molecule has 0 spiro atoms. The van der Waals surface area contributed by atoms with Crippen LogP contribution in [0.1, 0.15) is 12.1 Å². The van der Waals surface area contributed by atoms with Crippen LogP contribution in [-0.2, 0) is 11.2 Å². The molecule has 1 aromatic rings. The van der Waals surface area contributed by atoms with E-state index in [2.05, 4.69) is 4.98 Å². The molecule has 0 aliphatic carbocycles. The van der Waals surface area contributed by atoms with E-state index in [4.69, 9.17) is 5.11 Å². The van der Waals surface area contributed by atoms with E-state index in [0.717, 1.165) is 12.1 Å². The molecule has 0 aliphatic heterocycles. The lowest BCUT2D eigenvalue weighted by molar-refractivity contribution is -0.142. The highest BCUT2D eigenvalue weighted by atomic mass is 16.4. The second kappa shape index (κ2) is 4.81. The number of carboxylic acid groups (broad SMARTS) is 1. The van der Waals surface area contributed by atoms with Crippen LogP contribution in [0.15, 0.2) is 18.3 Å². The largest absolute Gasteiger partial charge is 0.480 e. The molecule has 0 fully saturated rings. The molecule has 1 unspecified atom stereocenters. The molecule has 0 aliphatic rings. The molecular weight excluding hydrogens is 180 g/mol. The number of H-pyrrole nitrogens is 1. The van der Waals surface area contributed by atoms with Crippen molar-refractivity contribution in [1.29, 1.82) is 0 Å². The second-order valence-electron chi connectivity index (χ2n) is 3.55. The van der Waals surface area contributed by atoms with E-state index in [1.807, 2.05) is 18.3 Å². The molecule has 78 valence electrons. The number of likely N-dealkylation sites (N-methyl/N-ethyl adjacent to an activating group) is 1. The van der Waals surface area contributed by atoms with Crippen molar-refractivity contribution in [1.82, 2.24) is 9.88 Å². The van der Waals surface area contributed by atoms with Crippen molar-refractivity contribution in [3.63, 3.8) is 0 Å². The fourth-order valence-electron chi connectivity index (χ4n) is 1.42. The van der Waals surface area contributed by atoms with Crippen LogP contribution in [0.5, 0.6) is 0 Å². The van der Waals surface area contributed by atoms with Gasteiger partial charge in [0.25, 0.3) is 0 Å². The van der Waals surface area contributed by atoms with Crippen molar-refractivity contribution in [3.8, 4) is 0 Å². The molecular formula is C10H16N2O2. The van der Waals surface area contributed by atoms with Crippen LogP contribution in [0.25, 0.3) is 0 Å². The van der Waals surface area contributed by atoms with Crippen molar-refractivity contribution in [3.05, 3.63) is 24.0 Å². The van der Waals surface area contributed by atoms with Gasteiger partial charge in [0.1, 0.15) is 6.04 Å². The third kappa shape index (κ3) is 2.88. The highest BCUT2D eigenvalue weighted by Crippen LogP contribution is 2.06. The van der Waals surface area contributed by atoms with Crippen LogP contribution in [0.4, 0.5) is 0 Å². The van der Waals surface area contributed by atoms with E-state index >= 15 is 0 Å². The molecule has 0 saturated carbocycles. The summed E-state index contributed by atoms with van der Waals surface area (Å²) in [5, 5.41) is 8.92. The average molecular weight is 196 g/mol. The van der Waals surface area contributed by atoms with E-state index in [-0.39, 0.29) is 0 Å². The average Bonchev–Trinajstić information content (AvgIpc) is 2.55. The standard InChI is InChI=1S/C10H16N2O2/c1-12(2)9(10(13)14)6-5-8-4-3-7-11-8/h3-4,7,9,11H,5-6H2,1-2H3,(H,13,14). The summed E-state index contributed by atoms with van der Waals surface area (Å²) in [7, 11) is 3.57. The zero-order chi connectivity index (χ0) is 10.6. The lowest BCUT2D eigenvalue weighted by Gasteiger charge is -2.19. The fourth-order valence-corrected chi connectivity index (χ4v) is 1.42. The summed E-state index contributed by atoms with van der Waals surface area (Å²) in [5.41, 5.74) is 1.08. The summed E-state index contributed by atoms with van der Waals surface area (Å²) in [6, 6.07) is 3.48.